The predicted molar refractivity (Wildman–Crippen MR) is 56.9 cm³/mol. The van der Waals surface area contributed by atoms with Crippen LogP contribution >= 0.6 is 0 Å². The molecular formula is C8H16N4O2S. The lowest BCUT2D eigenvalue weighted by molar-refractivity contribution is 0.576. The van der Waals surface area contributed by atoms with Gasteiger partial charge in [0, 0.05) is 25.3 Å². The zero-order valence-corrected chi connectivity index (χ0v) is 9.66. The van der Waals surface area contributed by atoms with Gasteiger partial charge in [0.05, 0.1) is 6.33 Å². The van der Waals surface area contributed by atoms with E-state index < -0.39 is 10.0 Å². The number of aromatic nitrogens is 2. The Morgan fingerprint density at radius 3 is 2.73 bits per heavy atom. The molecule has 7 heteroatoms. The SMILES string of the molecule is CC(C)n1cnc(S(=O)(=O)NCCN)c1. The highest BCUT2D eigenvalue weighted by molar-refractivity contribution is 7.89. The molecule has 0 aliphatic rings. The van der Waals surface area contributed by atoms with Crippen LogP contribution in [0.4, 0.5) is 0 Å². The highest BCUT2D eigenvalue weighted by Crippen LogP contribution is 2.09. The zero-order valence-electron chi connectivity index (χ0n) is 8.84. The van der Waals surface area contributed by atoms with Gasteiger partial charge in [-0.05, 0) is 13.8 Å². The van der Waals surface area contributed by atoms with E-state index in [4.69, 9.17) is 5.73 Å². The summed E-state index contributed by atoms with van der Waals surface area (Å²) in [5.74, 6) is 0. The average Bonchev–Trinajstić information content (AvgIpc) is 2.64. The lowest BCUT2D eigenvalue weighted by atomic mass is 10.4. The molecule has 0 radical (unpaired) electrons. The molecule has 3 N–H and O–H groups in total. The summed E-state index contributed by atoms with van der Waals surface area (Å²) < 4.78 is 27.3. The maximum Gasteiger partial charge on any atom is 0.259 e. The minimum atomic E-state index is -3.50. The summed E-state index contributed by atoms with van der Waals surface area (Å²) >= 11 is 0. The van der Waals surface area contributed by atoms with Gasteiger partial charge in [-0.15, -0.1) is 0 Å². The molecule has 0 aliphatic carbocycles. The van der Waals surface area contributed by atoms with Gasteiger partial charge in [-0.3, -0.25) is 0 Å². The molecule has 86 valence electrons. The van der Waals surface area contributed by atoms with E-state index in [0.717, 1.165) is 0 Å². The van der Waals surface area contributed by atoms with Crippen LogP contribution < -0.4 is 10.5 Å². The molecule has 1 heterocycles. The monoisotopic (exact) mass is 232 g/mol. The van der Waals surface area contributed by atoms with Crippen molar-refractivity contribution in [2.75, 3.05) is 13.1 Å². The lowest BCUT2D eigenvalue weighted by Gasteiger charge is -2.04. The molecule has 0 saturated carbocycles. The van der Waals surface area contributed by atoms with Gasteiger partial charge < -0.3 is 10.3 Å². The van der Waals surface area contributed by atoms with Crippen molar-refractivity contribution in [2.24, 2.45) is 5.73 Å². The number of nitrogens with zero attached hydrogens (tertiary/aromatic N) is 2. The fourth-order valence-corrected chi connectivity index (χ4v) is 1.99. The van der Waals surface area contributed by atoms with Crippen molar-refractivity contribution in [3.8, 4) is 0 Å². The van der Waals surface area contributed by atoms with Crippen LogP contribution in [0.1, 0.15) is 19.9 Å². The highest BCUT2D eigenvalue weighted by Gasteiger charge is 2.16. The summed E-state index contributed by atoms with van der Waals surface area (Å²) in [4.78, 5) is 3.83. The minimum Gasteiger partial charge on any atom is -0.334 e. The Morgan fingerprint density at radius 2 is 2.27 bits per heavy atom. The van der Waals surface area contributed by atoms with Gasteiger partial charge >= 0.3 is 0 Å². The van der Waals surface area contributed by atoms with Gasteiger partial charge in [0.1, 0.15) is 0 Å². The molecule has 0 atom stereocenters. The Labute approximate surface area is 89.5 Å². The molecule has 15 heavy (non-hydrogen) atoms. The van der Waals surface area contributed by atoms with Crippen LogP contribution in [0.2, 0.25) is 0 Å². The molecule has 0 aliphatic heterocycles. The molecular weight excluding hydrogens is 216 g/mol. The van der Waals surface area contributed by atoms with Crippen molar-refractivity contribution >= 4 is 10.0 Å². The second kappa shape index (κ2) is 4.73. The third-order valence-electron chi connectivity index (χ3n) is 1.89. The Balaban J connectivity index is 2.86. The quantitative estimate of drug-likeness (QED) is 0.729. The van der Waals surface area contributed by atoms with Gasteiger partial charge in [0.25, 0.3) is 10.0 Å². The van der Waals surface area contributed by atoms with Crippen molar-refractivity contribution in [3.05, 3.63) is 12.5 Å². The van der Waals surface area contributed by atoms with E-state index in [0.29, 0.717) is 0 Å². The Kier molecular flexibility index (Phi) is 3.83. The van der Waals surface area contributed by atoms with Crippen LogP contribution in [0.25, 0.3) is 0 Å². The summed E-state index contributed by atoms with van der Waals surface area (Å²) in [5, 5.41) is 0.0321. The molecule has 1 aromatic heterocycles. The van der Waals surface area contributed by atoms with Crippen LogP contribution in [-0.2, 0) is 10.0 Å². The lowest BCUT2D eigenvalue weighted by Crippen LogP contribution is -2.29. The topological polar surface area (TPSA) is 90.0 Å². The molecule has 0 unspecified atom stereocenters. The third-order valence-corrected chi connectivity index (χ3v) is 3.23. The van der Waals surface area contributed by atoms with E-state index in [1.54, 1.807) is 4.57 Å². The summed E-state index contributed by atoms with van der Waals surface area (Å²) in [6.45, 7) is 4.39. The number of hydrogen-bond donors (Lipinski definition) is 2. The van der Waals surface area contributed by atoms with Gasteiger partial charge in [-0.1, -0.05) is 0 Å². The largest absolute Gasteiger partial charge is 0.334 e. The fraction of sp³-hybridized carbons (Fsp3) is 0.625. The van der Waals surface area contributed by atoms with Crippen molar-refractivity contribution in [1.29, 1.82) is 0 Å². The minimum absolute atomic E-state index is 0.0321. The first kappa shape index (κ1) is 12.2. The highest BCUT2D eigenvalue weighted by atomic mass is 32.2. The number of nitrogens with one attached hydrogen (secondary N) is 1. The van der Waals surface area contributed by atoms with Crippen LogP contribution in [0.5, 0.6) is 0 Å². The molecule has 1 rings (SSSR count). The number of rotatable bonds is 5. The Bertz CT molecular complexity index is 410. The second-order valence-electron chi connectivity index (χ2n) is 3.44. The normalized spacial score (nSPS) is 12.3. The van der Waals surface area contributed by atoms with E-state index in [1.165, 1.54) is 12.5 Å². The Hall–Kier alpha value is -0.920. The molecule has 0 spiro atoms. The molecule has 0 bridgehead atoms. The Morgan fingerprint density at radius 1 is 1.60 bits per heavy atom. The predicted octanol–water partition coefficient (Wildman–Crippen LogP) is -0.299. The second-order valence-corrected chi connectivity index (χ2v) is 5.15. The molecule has 1 aromatic rings. The first-order valence-electron chi connectivity index (χ1n) is 4.70. The summed E-state index contributed by atoms with van der Waals surface area (Å²) in [6, 6.07) is 0.191. The van der Waals surface area contributed by atoms with Gasteiger partial charge in [0.2, 0.25) is 0 Å². The van der Waals surface area contributed by atoms with Crippen LogP contribution in [-0.4, -0.2) is 31.1 Å². The number of nitrogens with two attached hydrogens (primary N) is 1. The average molecular weight is 232 g/mol. The van der Waals surface area contributed by atoms with Crippen LogP contribution in [0.15, 0.2) is 17.6 Å². The van der Waals surface area contributed by atoms with E-state index in [9.17, 15) is 8.42 Å². The van der Waals surface area contributed by atoms with Crippen molar-refractivity contribution < 1.29 is 8.42 Å². The maximum absolute atomic E-state index is 11.6. The summed E-state index contributed by atoms with van der Waals surface area (Å²) in [5.41, 5.74) is 5.21. The van der Waals surface area contributed by atoms with E-state index in [-0.39, 0.29) is 24.2 Å². The third kappa shape index (κ3) is 3.01. The number of imidazole rings is 1. The zero-order chi connectivity index (χ0) is 11.5. The van der Waals surface area contributed by atoms with Gasteiger partial charge in [-0.2, -0.15) is 0 Å². The molecule has 0 fully saturated rings. The van der Waals surface area contributed by atoms with Crippen molar-refractivity contribution in [3.63, 3.8) is 0 Å². The first-order chi connectivity index (χ1) is 6.97. The van der Waals surface area contributed by atoms with Crippen molar-refractivity contribution in [1.82, 2.24) is 14.3 Å². The van der Waals surface area contributed by atoms with E-state index >= 15 is 0 Å². The summed E-state index contributed by atoms with van der Waals surface area (Å²) in [7, 11) is -3.50. The standard InChI is InChI=1S/C8H16N4O2S/c1-7(2)12-5-8(10-6-12)15(13,14)11-4-3-9/h5-7,11H,3-4,9H2,1-2H3. The molecule has 0 saturated heterocycles. The molecule has 0 amide bonds. The van der Waals surface area contributed by atoms with E-state index in [1.807, 2.05) is 13.8 Å². The molecule has 0 aromatic carbocycles. The number of hydrogen-bond acceptors (Lipinski definition) is 4. The van der Waals surface area contributed by atoms with Gasteiger partial charge in [-0.25, -0.2) is 18.1 Å². The smallest absolute Gasteiger partial charge is 0.259 e. The van der Waals surface area contributed by atoms with Gasteiger partial charge in [0.15, 0.2) is 5.03 Å². The molecule has 6 nitrogen and oxygen atoms in total. The van der Waals surface area contributed by atoms with Crippen molar-refractivity contribution in [2.45, 2.75) is 24.9 Å². The van der Waals surface area contributed by atoms with Crippen LogP contribution in [0.3, 0.4) is 0 Å². The fourth-order valence-electron chi connectivity index (χ4n) is 1.01. The number of sulfonamides is 1. The summed E-state index contributed by atoms with van der Waals surface area (Å²) in [6.07, 6.45) is 3.01. The van der Waals surface area contributed by atoms with Crippen LogP contribution in [0, 0.1) is 0 Å². The van der Waals surface area contributed by atoms with E-state index in [2.05, 4.69) is 9.71 Å². The first-order valence-corrected chi connectivity index (χ1v) is 6.19. The maximum atomic E-state index is 11.6.